The van der Waals surface area contributed by atoms with Crippen LogP contribution in [0.25, 0.3) is 0 Å². The van der Waals surface area contributed by atoms with Crippen molar-refractivity contribution < 1.29 is 34.1 Å². The van der Waals surface area contributed by atoms with Gasteiger partial charge in [0.2, 0.25) is 0 Å². The van der Waals surface area contributed by atoms with Gasteiger partial charge in [-0.05, 0) is 31.0 Å². The molecule has 22 heavy (non-hydrogen) atoms. The summed E-state index contributed by atoms with van der Waals surface area (Å²) in [5.41, 5.74) is -0.190. The van der Waals surface area contributed by atoms with Crippen LogP contribution in [0.3, 0.4) is 0 Å². The summed E-state index contributed by atoms with van der Waals surface area (Å²) in [6.07, 6.45) is 0.931. The normalized spacial score (nSPS) is 9.86. The Bertz CT molecular complexity index is 557. The highest BCUT2D eigenvalue weighted by Crippen LogP contribution is 2.24. The van der Waals surface area contributed by atoms with Crippen molar-refractivity contribution in [2.24, 2.45) is 0 Å². The number of carbonyl (C=O) groups is 2. The van der Waals surface area contributed by atoms with Crippen LogP contribution in [-0.2, 0) is 9.63 Å². The van der Waals surface area contributed by atoms with E-state index >= 15 is 0 Å². The van der Waals surface area contributed by atoms with Crippen molar-refractivity contribution >= 4 is 11.9 Å². The van der Waals surface area contributed by atoms with Crippen molar-refractivity contribution in [2.45, 2.75) is 19.8 Å². The lowest BCUT2D eigenvalue weighted by atomic mass is 10.2. The zero-order valence-electron chi connectivity index (χ0n) is 11.8. The zero-order chi connectivity index (χ0) is 16.5. The average molecular weight is 313 g/mol. The molecule has 0 aliphatic rings. The van der Waals surface area contributed by atoms with Crippen molar-refractivity contribution in [1.29, 1.82) is 0 Å². The molecule has 0 amide bonds. The first-order valence-electron chi connectivity index (χ1n) is 6.36. The lowest BCUT2D eigenvalue weighted by molar-refractivity contribution is -0.757. The SMILES string of the molecule is CC(=O)Oc1ccc(OCCCCO[N+](=O)[O-])cc1C(=O)O. The maximum Gasteiger partial charge on any atom is 0.339 e. The Morgan fingerprint density at radius 1 is 1.27 bits per heavy atom. The van der Waals surface area contributed by atoms with E-state index in [2.05, 4.69) is 4.84 Å². The largest absolute Gasteiger partial charge is 0.494 e. The summed E-state index contributed by atoms with van der Waals surface area (Å²) in [6, 6.07) is 4.04. The van der Waals surface area contributed by atoms with Gasteiger partial charge in [0, 0.05) is 6.92 Å². The summed E-state index contributed by atoms with van der Waals surface area (Å²) in [7, 11) is 0. The van der Waals surface area contributed by atoms with E-state index < -0.39 is 17.0 Å². The second-order valence-corrected chi connectivity index (χ2v) is 4.17. The number of aromatic carboxylic acids is 1. The highest BCUT2D eigenvalue weighted by atomic mass is 16.9. The molecule has 0 radical (unpaired) electrons. The van der Waals surface area contributed by atoms with E-state index in [1.165, 1.54) is 25.1 Å². The zero-order valence-corrected chi connectivity index (χ0v) is 11.8. The number of benzene rings is 1. The number of esters is 1. The first kappa shape index (κ1) is 17.2. The summed E-state index contributed by atoms with van der Waals surface area (Å²) in [5.74, 6) is -1.64. The third kappa shape index (κ3) is 6.07. The van der Waals surface area contributed by atoms with E-state index in [9.17, 15) is 19.7 Å². The number of nitrogens with zero attached hydrogens (tertiary/aromatic N) is 1. The summed E-state index contributed by atoms with van der Waals surface area (Å²) in [6.45, 7) is 1.39. The molecule has 120 valence electrons. The molecule has 1 N–H and O–H groups in total. The monoisotopic (exact) mass is 313 g/mol. The summed E-state index contributed by atoms with van der Waals surface area (Å²) >= 11 is 0. The lowest BCUT2D eigenvalue weighted by Gasteiger charge is -2.10. The van der Waals surface area contributed by atoms with Gasteiger partial charge in [-0.1, -0.05) is 0 Å². The predicted molar refractivity (Wildman–Crippen MR) is 72.4 cm³/mol. The maximum absolute atomic E-state index is 11.1. The fraction of sp³-hybridized carbons (Fsp3) is 0.385. The molecule has 0 heterocycles. The van der Waals surface area contributed by atoms with Crippen LogP contribution in [0.1, 0.15) is 30.1 Å². The standard InChI is InChI=1S/C13H15NO8/c1-9(15)22-12-5-4-10(8-11(12)13(16)17)20-6-2-3-7-21-14(18)19/h4-5,8H,2-3,6-7H2,1H3,(H,16,17). The molecule has 0 atom stereocenters. The number of carboxylic acids is 1. The van der Waals surface area contributed by atoms with Crippen molar-refractivity contribution in [3.8, 4) is 11.5 Å². The van der Waals surface area contributed by atoms with Gasteiger partial charge in [-0.15, -0.1) is 10.1 Å². The molecule has 0 aromatic heterocycles. The maximum atomic E-state index is 11.1. The fourth-order valence-electron chi connectivity index (χ4n) is 1.54. The Morgan fingerprint density at radius 2 is 1.95 bits per heavy atom. The molecule has 0 spiro atoms. The predicted octanol–water partition coefficient (Wildman–Crippen LogP) is 1.68. The highest BCUT2D eigenvalue weighted by Gasteiger charge is 2.14. The number of ether oxygens (including phenoxy) is 2. The van der Waals surface area contributed by atoms with Crippen LogP contribution in [0.2, 0.25) is 0 Å². The molecular weight excluding hydrogens is 298 g/mol. The number of unbranched alkanes of at least 4 members (excludes halogenated alkanes) is 1. The molecule has 9 nitrogen and oxygen atoms in total. The molecule has 0 bridgehead atoms. The Hall–Kier alpha value is -2.84. The van der Waals surface area contributed by atoms with Crippen LogP contribution in [0.4, 0.5) is 0 Å². The van der Waals surface area contributed by atoms with Crippen molar-refractivity contribution in [3.05, 3.63) is 33.9 Å². The van der Waals surface area contributed by atoms with Gasteiger partial charge < -0.3 is 19.4 Å². The van der Waals surface area contributed by atoms with E-state index in [1.54, 1.807) is 0 Å². The lowest BCUT2D eigenvalue weighted by Crippen LogP contribution is -2.08. The second kappa shape index (κ2) is 8.45. The van der Waals surface area contributed by atoms with Crippen LogP contribution in [-0.4, -0.2) is 35.3 Å². The van der Waals surface area contributed by atoms with Crippen LogP contribution in [0, 0.1) is 10.1 Å². The average Bonchev–Trinajstić information content (AvgIpc) is 2.42. The number of hydrogen-bond donors (Lipinski definition) is 1. The summed E-state index contributed by atoms with van der Waals surface area (Å²) in [4.78, 5) is 36.1. The Morgan fingerprint density at radius 3 is 2.55 bits per heavy atom. The van der Waals surface area contributed by atoms with Gasteiger partial charge in [-0.2, -0.15) is 0 Å². The van der Waals surface area contributed by atoms with Crippen molar-refractivity contribution in [1.82, 2.24) is 0 Å². The molecule has 0 aliphatic carbocycles. The Balaban J connectivity index is 2.54. The van der Waals surface area contributed by atoms with E-state index in [-0.39, 0.29) is 24.5 Å². The number of rotatable bonds is 9. The van der Waals surface area contributed by atoms with Gasteiger partial charge >= 0.3 is 11.9 Å². The minimum atomic E-state index is -1.25. The molecule has 0 fully saturated rings. The molecule has 0 aliphatic heterocycles. The minimum absolute atomic E-state index is 0.0257. The third-order valence-corrected chi connectivity index (χ3v) is 2.44. The van der Waals surface area contributed by atoms with Crippen LogP contribution >= 0.6 is 0 Å². The van der Waals surface area contributed by atoms with Crippen molar-refractivity contribution in [2.75, 3.05) is 13.2 Å². The van der Waals surface area contributed by atoms with Gasteiger partial charge in [0.25, 0.3) is 5.09 Å². The molecule has 0 unspecified atom stereocenters. The first-order valence-corrected chi connectivity index (χ1v) is 6.36. The number of carbonyl (C=O) groups excluding carboxylic acids is 1. The molecular formula is C13H15NO8. The Kier molecular flexibility index (Phi) is 6.61. The molecule has 0 saturated carbocycles. The van der Waals surface area contributed by atoms with Gasteiger partial charge in [0.05, 0.1) is 13.2 Å². The van der Waals surface area contributed by atoms with E-state index in [4.69, 9.17) is 14.6 Å². The van der Waals surface area contributed by atoms with Crippen molar-refractivity contribution in [3.63, 3.8) is 0 Å². The second-order valence-electron chi connectivity index (χ2n) is 4.17. The highest BCUT2D eigenvalue weighted by molar-refractivity contribution is 5.92. The molecule has 1 rings (SSSR count). The fourth-order valence-corrected chi connectivity index (χ4v) is 1.54. The molecule has 1 aromatic carbocycles. The summed E-state index contributed by atoms with van der Waals surface area (Å²) < 4.78 is 10.1. The van der Waals surface area contributed by atoms with E-state index in [0.717, 1.165) is 0 Å². The van der Waals surface area contributed by atoms with Gasteiger partial charge in [0.1, 0.15) is 17.1 Å². The van der Waals surface area contributed by atoms with Crippen LogP contribution in [0.5, 0.6) is 11.5 Å². The van der Waals surface area contributed by atoms with Crippen LogP contribution in [0.15, 0.2) is 18.2 Å². The van der Waals surface area contributed by atoms with Gasteiger partial charge in [-0.3, -0.25) is 4.79 Å². The Labute approximate surface area is 125 Å². The quantitative estimate of drug-likeness (QED) is 0.240. The van der Waals surface area contributed by atoms with Gasteiger partial charge in [0.15, 0.2) is 0 Å². The third-order valence-electron chi connectivity index (χ3n) is 2.44. The summed E-state index contributed by atoms with van der Waals surface area (Å²) in [5, 5.41) is 18.1. The van der Waals surface area contributed by atoms with Crippen LogP contribution < -0.4 is 9.47 Å². The van der Waals surface area contributed by atoms with E-state index in [0.29, 0.717) is 18.6 Å². The smallest absolute Gasteiger partial charge is 0.339 e. The molecule has 1 aromatic rings. The van der Waals surface area contributed by atoms with Gasteiger partial charge in [-0.25, -0.2) is 4.79 Å². The topological polar surface area (TPSA) is 125 Å². The molecule has 0 saturated heterocycles. The molecule has 9 heteroatoms. The number of hydrogen-bond acceptors (Lipinski definition) is 7. The van der Waals surface area contributed by atoms with E-state index in [1.807, 2.05) is 0 Å². The minimum Gasteiger partial charge on any atom is -0.494 e. The first-order chi connectivity index (χ1) is 10.4. The number of carboxylic acid groups (broad SMARTS) is 1.